The Labute approximate surface area is 155 Å². The third-order valence-corrected chi connectivity index (χ3v) is 4.96. The number of hydrogen-bond acceptors (Lipinski definition) is 3. The van der Waals surface area contributed by atoms with Crippen LogP contribution in [0.15, 0.2) is 36.7 Å². The highest BCUT2D eigenvalue weighted by Crippen LogP contribution is 2.22. The fourth-order valence-electron chi connectivity index (χ4n) is 3.45. The van der Waals surface area contributed by atoms with E-state index in [2.05, 4.69) is 34.9 Å². The van der Waals surface area contributed by atoms with E-state index >= 15 is 0 Å². The van der Waals surface area contributed by atoms with Gasteiger partial charge in [0, 0.05) is 43.6 Å². The minimum absolute atomic E-state index is 0.0286. The molecule has 0 atom stereocenters. The molecule has 0 spiro atoms. The normalized spacial score (nSPS) is 15.3. The predicted octanol–water partition coefficient (Wildman–Crippen LogP) is 3.96. The molecule has 1 N–H and O–H groups in total. The fourth-order valence-corrected chi connectivity index (χ4v) is 3.45. The first-order chi connectivity index (χ1) is 12.6. The molecular formula is C20H28N4O2. The van der Waals surface area contributed by atoms with Crippen LogP contribution in [0.25, 0.3) is 0 Å². The number of likely N-dealkylation sites (tertiary alicyclic amines) is 1. The third-order valence-electron chi connectivity index (χ3n) is 4.96. The van der Waals surface area contributed by atoms with Gasteiger partial charge in [0.05, 0.1) is 7.11 Å². The lowest BCUT2D eigenvalue weighted by Crippen LogP contribution is -2.41. The van der Waals surface area contributed by atoms with E-state index in [1.165, 1.54) is 0 Å². The highest BCUT2D eigenvalue weighted by Gasteiger charge is 2.24. The van der Waals surface area contributed by atoms with Crippen LogP contribution < -0.4 is 10.1 Å². The Morgan fingerprint density at radius 1 is 1.27 bits per heavy atom. The quantitative estimate of drug-likeness (QED) is 0.882. The van der Waals surface area contributed by atoms with Crippen LogP contribution in [0.3, 0.4) is 0 Å². The molecule has 1 aromatic carbocycles. The van der Waals surface area contributed by atoms with E-state index in [1.807, 2.05) is 35.4 Å². The molecule has 140 valence electrons. The van der Waals surface area contributed by atoms with Gasteiger partial charge in [-0.25, -0.2) is 9.78 Å². The first kappa shape index (κ1) is 18.3. The Morgan fingerprint density at radius 2 is 1.96 bits per heavy atom. The average Bonchev–Trinajstić information content (AvgIpc) is 3.11. The van der Waals surface area contributed by atoms with Crippen molar-refractivity contribution < 1.29 is 9.53 Å². The summed E-state index contributed by atoms with van der Waals surface area (Å²) in [4.78, 5) is 18.8. The average molecular weight is 356 g/mol. The summed E-state index contributed by atoms with van der Waals surface area (Å²) in [6.07, 6.45) is 5.99. The molecule has 3 rings (SSSR count). The topological polar surface area (TPSA) is 59.4 Å². The number of carbonyl (C=O) groups excluding carboxylic acids is 1. The van der Waals surface area contributed by atoms with E-state index in [1.54, 1.807) is 7.11 Å². The van der Waals surface area contributed by atoms with Gasteiger partial charge in [-0.3, -0.25) is 0 Å². The number of anilines is 1. The van der Waals surface area contributed by atoms with Crippen LogP contribution in [0.2, 0.25) is 0 Å². The molecular weight excluding hydrogens is 328 g/mol. The Morgan fingerprint density at radius 3 is 2.58 bits per heavy atom. The smallest absolute Gasteiger partial charge is 0.321 e. The third kappa shape index (κ3) is 4.36. The largest absolute Gasteiger partial charge is 0.497 e. The van der Waals surface area contributed by atoms with Gasteiger partial charge in [0.2, 0.25) is 0 Å². The van der Waals surface area contributed by atoms with Crippen LogP contribution >= 0.6 is 0 Å². The van der Waals surface area contributed by atoms with E-state index in [9.17, 15) is 4.79 Å². The molecule has 1 fully saturated rings. The number of aromatic nitrogens is 2. The van der Waals surface area contributed by atoms with Crippen molar-refractivity contribution in [2.24, 2.45) is 5.92 Å². The van der Waals surface area contributed by atoms with E-state index < -0.39 is 0 Å². The van der Waals surface area contributed by atoms with Gasteiger partial charge in [-0.05, 0) is 43.0 Å². The predicted molar refractivity (Wildman–Crippen MR) is 103 cm³/mol. The zero-order chi connectivity index (χ0) is 18.5. The summed E-state index contributed by atoms with van der Waals surface area (Å²) in [5, 5.41) is 2.96. The highest BCUT2D eigenvalue weighted by molar-refractivity contribution is 5.89. The van der Waals surface area contributed by atoms with Crippen LogP contribution in [-0.4, -0.2) is 40.7 Å². The van der Waals surface area contributed by atoms with Crippen LogP contribution in [0.1, 0.15) is 38.4 Å². The minimum Gasteiger partial charge on any atom is -0.497 e. The Kier molecular flexibility index (Phi) is 5.81. The van der Waals surface area contributed by atoms with E-state index in [0.29, 0.717) is 11.8 Å². The first-order valence-corrected chi connectivity index (χ1v) is 9.28. The van der Waals surface area contributed by atoms with Crippen molar-refractivity contribution in [1.82, 2.24) is 14.5 Å². The van der Waals surface area contributed by atoms with Gasteiger partial charge in [0.25, 0.3) is 0 Å². The van der Waals surface area contributed by atoms with E-state index in [-0.39, 0.29) is 6.03 Å². The summed E-state index contributed by atoms with van der Waals surface area (Å²) >= 11 is 0. The SMILES string of the molecule is COc1ccc(NC(=O)N2CCC(Cn3ccnc3C(C)C)CC2)cc1. The molecule has 6 nitrogen and oxygen atoms in total. The second-order valence-corrected chi connectivity index (χ2v) is 7.18. The summed E-state index contributed by atoms with van der Waals surface area (Å²) in [5.41, 5.74) is 0.790. The maximum absolute atomic E-state index is 12.5. The summed E-state index contributed by atoms with van der Waals surface area (Å²) in [7, 11) is 1.63. The number of amides is 2. The van der Waals surface area contributed by atoms with Gasteiger partial charge in [-0.15, -0.1) is 0 Å². The summed E-state index contributed by atoms with van der Waals surface area (Å²) in [5.74, 6) is 2.95. The number of carbonyl (C=O) groups is 1. The van der Waals surface area contributed by atoms with Crippen LogP contribution in [-0.2, 0) is 6.54 Å². The number of nitrogens with zero attached hydrogens (tertiary/aromatic N) is 3. The number of urea groups is 1. The van der Waals surface area contributed by atoms with Crippen molar-refractivity contribution in [3.05, 3.63) is 42.5 Å². The number of imidazole rings is 1. The summed E-state index contributed by atoms with van der Waals surface area (Å²) < 4.78 is 7.41. The number of ether oxygens (including phenoxy) is 1. The van der Waals surface area contributed by atoms with Crippen molar-refractivity contribution >= 4 is 11.7 Å². The molecule has 0 bridgehead atoms. The molecule has 0 saturated carbocycles. The lowest BCUT2D eigenvalue weighted by molar-refractivity contribution is 0.176. The molecule has 2 heterocycles. The van der Waals surface area contributed by atoms with Crippen molar-refractivity contribution in [2.75, 3.05) is 25.5 Å². The van der Waals surface area contributed by atoms with Gasteiger partial charge in [-0.1, -0.05) is 13.8 Å². The Hall–Kier alpha value is -2.50. The van der Waals surface area contributed by atoms with E-state index in [0.717, 1.165) is 49.7 Å². The fraction of sp³-hybridized carbons (Fsp3) is 0.500. The van der Waals surface area contributed by atoms with Crippen molar-refractivity contribution in [1.29, 1.82) is 0 Å². The van der Waals surface area contributed by atoms with Gasteiger partial charge in [-0.2, -0.15) is 0 Å². The standard InChI is InChI=1S/C20H28N4O2/c1-15(2)19-21-10-13-24(19)14-16-8-11-23(12-9-16)20(25)22-17-4-6-18(26-3)7-5-17/h4-7,10,13,15-16H,8-9,11-12,14H2,1-3H3,(H,22,25). The number of methoxy groups -OCH3 is 1. The van der Waals surface area contributed by atoms with Crippen LogP contribution in [0, 0.1) is 5.92 Å². The van der Waals surface area contributed by atoms with Gasteiger partial charge >= 0.3 is 6.03 Å². The van der Waals surface area contributed by atoms with Crippen molar-refractivity contribution in [3.63, 3.8) is 0 Å². The zero-order valence-electron chi connectivity index (χ0n) is 15.8. The second kappa shape index (κ2) is 8.25. The molecule has 1 aliphatic rings. The maximum atomic E-state index is 12.5. The molecule has 1 saturated heterocycles. The van der Waals surface area contributed by atoms with Gasteiger partial charge in [0.1, 0.15) is 11.6 Å². The number of nitrogens with one attached hydrogen (secondary N) is 1. The first-order valence-electron chi connectivity index (χ1n) is 9.28. The van der Waals surface area contributed by atoms with Crippen LogP contribution in [0.4, 0.5) is 10.5 Å². The summed E-state index contributed by atoms with van der Waals surface area (Å²) in [6, 6.07) is 7.38. The molecule has 1 aromatic heterocycles. The minimum atomic E-state index is -0.0286. The summed E-state index contributed by atoms with van der Waals surface area (Å²) in [6.45, 7) is 6.91. The van der Waals surface area contributed by atoms with E-state index in [4.69, 9.17) is 4.74 Å². The second-order valence-electron chi connectivity index (χ2n) is 7.18. The Balaban J connectivity index is 1.49. The number of piperidine rings is 1. The maximum Gasteiger partial charge on any atom is 0.321 e. The van der Waals surface area contributed by atoms with Gasteiger partial charge < -0.3 is 19.5 Å². The van der Waals surface area contributed by atoms with Crippen molar-refractivity contribution in [3.8, 4) is 5.75 Å². The van der Waals surface area contributed by atoms with Crippen molar-refractivity contribution in [2.45, 2.75) is 39.2 Å². The number of hydrogen-bond donors (Lipinski definition) is 1. The molecule has 0 aliphatic carbocycles. The lowest BCUT2D eigenvalue weighted by atomic mass is 9.96. The van der Waals surface area contributed by atoms with Gasteiger partial charge in [0.15, 0.2) is 0 Å². The van der Waals surface area contributed by atoms with Crippen LogP contribution in [0.5, 0.6) is 5.75 Å². The molecule has 1 aliphatic heterocycles. The monoisotopic (exact) mass is 356 g/mol. The molecule has 6 heteroatoms. The molecule has 26 heavy (non-hydrogen) atoms. The zero-order valence-corrected chi connectivity index (χ0v) is 15.8. The highest BCUT2D eigenvalue weighted by atomic mass is 16.5. The molecule has 2 amide bonds. The molecule has 0 radical (unpaired) electrons. The molecule has 2 aromatic rings. The molecule has 0 unspecified atom stereocenters. The Bertz CT molecular complexity index is 716. The number of rotatable bonds is 5. The lowest BCUT2D eigenvalue weighted by Gasteiger charge is -2.32. The number of benzene rings is 1.